The van der Waals surface area contributed by atoms with Crippen molar-refractivity contribution in [3.05, 3.63) is 53.3 Å². The van der Waals surface area contributed by atoms with Crippen molar-refractivity contribution in [3.63, 3.8) is 0 Å². The van der Waals surface area contributed by atoms with Gasteiger partial charge in [-0.3, -0.25) is 4.79 Å². The zero-order valence-electron chi connectivity index (χ0n) is 14.1. The molecule has 0 bridgehead atoms. The third-order valence-corrected chi connectivity index (χ3v) is 3.36. The second-order valence-electron chi connectivity index (χ2n) is 5.10. The van der Waals surface area contributed by atoms with Gasteiger partial charge in [-0.25, -0.2) is 9.18 Å². The van der Waals surface area contributed by atoms with Crippen molar-refractivity contribution in [2.45, 2.75) is 13.5 Å². The average Bonchev–Trinajstić information content (AvgIpc) is 2.60. The van der Waals surface area contributed by atoms with Gasteiger partial charge in [-0.2, -0.15) is 0 Å². The molecule has 0 saturated heterocycles. The second kappa shape index (κ2) is 8.14. The van der Waals surface area contributed by atoms with Gasteiger partial charge in [0.15, 0.2) is 11.5 Å². The standard InChI is InChI=1S/C18H18FNO5/c1-11(21)20-15-9-12(7-8-14(15)19)18(22)25-10-13-5-4-6-16(23-2)17(13)24-3/h4-9H,10H2,1-3H3,(H,20,21). The molecule has 0 atom stereocenters. The molecule has 0 fully saturated rings. The number of para-hydroxylation sites is 1. The number of ether oxygens (including phenoxy) is 3. The Balaban J connectivity index is 2.14. The highest BCUT2D eigenvalue weighted by molar-refractivity contribution is 5.93. The van der Waals surface area contributed by atoms with Gasteiger partial charge in [0.2, 0.25) is 5.91 Å². The minimum absolute atomic E-state index is 0.0496. The summed E-state index contributed by atoms with van der Waals surface area (Å²) in [5.74, 6) is -0.746. The first-order valence-corrected chi connectivity index (χ1v) is 7.40. The molecule has 1 N–H and O–H groups in total. The Kier molecular flexibility index (Phi) is 5.94. The van der Waals surface area contributed by atoms with Gasteiger partial charge in [-0.15, -0.1) is 0 Å². The summed E-state index contributed by atoms with van der Waals surface area (Å²) in [6.45, 7) is 1.20. The van der Waals surface area contributed by atoms with Crippen molar-refractivity contribution < 1.29 is 28.2 Å². The maximum absolute atomic E-state index is 13.6. The minimum atomic E-state index is -0.656. The molecule has 1 amide bonds. The highest BCUT2D eigenvalue weighted by atomic mass is 19.1. The molecule has 2 aromatic carbocycles. The second-order valence-corrected chi connectivity index (χ2v) is 5.10. The maximum atomic E-state index is 13.6. The largest absolute Gasteiger partial charge is 0.493 e. The molecule has 0 aromatic heterocycles. The van der Waals surface area contributed by atoms with Gasteiger partial charge in [0.25, 0.3) is 0 Å². The van der Waals surface area contributed by atoms with Gasteiger partial charge in [-0.05, 0) is 24.3 Å². The Morgan fingerprint density at radius 3 is 2.52 bits per heavy atom. The first-order chi connectivity index (χ1) is 12.0. The van der Waals surface area contributed by atoms with Gasteiger partial charge >= 0.3 is 5.97 Å². The summed E-state index contributed by atoms with van der Waals surface area (Å²) in [5, 5.41) is 2.32. The normalized spacial score (nSPS) is 10.1. The zero-order valence-corrected chi connectivity index (χ0v) is 14.1. The van der Waals surface area contributed by atoms with Crippen molar-refractivity contribution in [1.29, 1.82) is 0 Å². The summed E-state index contributed by atoms with van der Waals surface area (Å²) < 4.78 is 29.3. The van der Waals surface area contributed by atoms with Gasteiger partial charge in [0, 0.05) is 12.5 Å². The third kappa shape index (κ3) is 4.47. The predicted molar refractivity (Wildman–Crippen MR) is 89.4 cm³/mol. The number of rotatable bonds is 6. The van der Waals surface area contributed by atoms with E-state index in [9.17, 15) is 14.0 Å². The van der Waals surface area contributed by atoms with Crippen LogP contribution < -0.4 is 14.8 Å². The Morgan fingerprint density at radius 1 is 1.12 bits per heavy atom. The SMILES string of the molecule is COc1cccc(COC(=O)c2ccc(F)c(NC(C)=O)c2)c1OC. The van der Waals surface area contributed by atoms with Crippen LogP contribution in [0.25, 0.3) is 0 Å². The molecule has 0 aliphatic carbocycles. The molecule has 132 valence electrons. The van der Waals surface area contributed by atoms with Crippen LogP contribution in [0.15, 0.2) is 36.4 Å². The molecule has 0 aliphatic heterocycles. The third-order valence-electron chi connectivity index (χ3n) is 3.36. The average molecular weight is 347 g/mol. The lowest BCUT2D eigenvalue weighted by Gasteiger charge is -2.13. The number of methoxy groups -OCH3 is 2. The van der Waals surface area contributed by atoms with E-state index in [0.717, 1.165) is 6.07 Å². The Bertz CT molecular complexity index is 791. The Labute approximate surface area is 144 Å². The molecule has 6 nitrogen and oxygen atoms in total. The minimum Gasteiger partial charge on any atom is -0.493 e. The number of carbonyl (C=O) groups excluding carboxylic acids is 2. The van der Waals surface area contributed by atoms with E-state index in [1.54, 1.807) is 18.2 Å². The van der Waals surface area contributed by atoms with Crippen LogP contribution in [0.4, 0.5) is 10.1 Å². The van der Waals surface area contributed by atoms with Crippen LogP contribution in [0.2, 0.25) is 0 Å². The highest BCUT2D eigenvalue weighted by Gasteiger charge is 2.15. The van der Waals surface area contributed by atoms with Crippen LogP contribution in [0.5, 0.6) is 11.5 Å². The molecule has 0 unspecified atom stereocenters. The molecule has 2 aromatic rings. The first-order valence-electron chi connectivity index (χ1n) is 7.40. The van der Waals surface area contributed by atoms with Crippen molar-refractivity contribution in [1.82, 2.24) is 0 Å². The molecule has 0 spiro atoms. The molecule has 0 heterocycles. The lowest BCUT2D eigenvalue weighted by atomic mass is 10.2. The van der Waals surface area contributed by atoms with Crippen LogP contribution in [0.3, 0.4) is 0 Å². The van der Waals surface area contributed by atoms with Crippen LogP contribution in [0, 0.1) is 5.82 Å². The summed E-state index contributed by atoms with van der Waals surface area (Å²) in [6.07, 6.45) is 0. The molecule has 0 radical (unpaired) electrons. The van der Waals surface area contributed by atoms with Crippen LogP contribution in [-0.4, -0.2) is 26.1 Å². The fraction of sp³-hybridized carbons (Fsp3) is 0.222. The number of anilines is 1. The number of hydrogen-bond acceptors (Lipinski definition) is 5. The monoisotopic (exact) mass is 347 g/mol. The van der Waals surface area contributed by atoms with Crippen molar-refractivity contribution in [2.24, 2.45) is 0 Å². The van der Waals surface area contributed by atoms with E-state index in [4.69, 9.17) is 14.2 Å². The fourth-order valence-corrected chi connectivity index (χ4v) is 2.23. The molecule has 0 saturated carbocycles. The topological polar surface area (TPSA) is 73.9 Å². The summed E-state index contributed by atoms with van der Waals surface area (Å²) in [4.78, 5) is 23.3. The van der Waals surface area contributed by atoms with Crippen LogP contribution >= 0.6 is 0 Å². The molecule has 7 heteroatoms. The van der Waals surface area contributed by atoms with Crippen molar-refractivity contribution >= 4 is 17.6 Å². The number of nitrogens with one attached hydrogen (secondary N) is 1. The number of esters is 1. The first kappa shape index (κ1) is 18.3. The molecular weight excluding hydrogens is 329 g/mol. The van der Waals surface area contributed by atoms with E-state index in [0.29, 0.717) is 17.1 Å². The number of hydrogen-bond donors (Lipinski definition) is 1. The van der Waals surface area contributed by atoms with Crippen molar-refractivity contribution in [3.8, 4) is 11.5 Å². The van der Waals surface area contributed by atoms with Crippen LogP contribution in [0.1, 0.15) is 22.8 Å². The number of benzene rings is 2. The van der Waals surface area contributed by atoms with Gasteiger partial charge in [0.1, 0.15) is 12.4 Å². The highest BCUT2D eigenvalue weighted by Crippen LogP contribution is 2.31. The quantitative estimate of drug-likeness (QED) is 0.813. The van der Waals surface area contributed by atoms with E-state index in [2.05, 4.69) is 5.32 Å². The number of amides is 1. The lowest BCUT2D eigenvalue weighted by Crippen LogP contribution is -2.10. The van der Waals surface area contributed by atoms with Crippen molar-refractivity contribution in [2.75, 3.05) is 19.5 Å². The van der Waals surface area contributed by atoms with E-state index < -0.39 is 17.7 Å². The fourth-order valence-electron chi connectivity index (χ4n) is 2.23. The van der Waals surface area contributed by atoms with Gasteiger partial charge in [-0.1, -0.05) is 12.1 Å². The van der Waals surface area contributed by atoms with E-state index in [1.165, 1.54) is 33.3 Å². The lowest BCUT2D eigenvalue weighted by molar-refractivity contribution is -0.114. The summed E-state index contributed by atoms with van der Waals surface area (Å²) in [7, 11) is 3.00. The molecule has 0 aliphatic rings. The summed E-state index contributed by atoms with van der Waals surface area (Å²) in [5.41, 5.74) is 0.660. The Morgan fingerprint density at radius 2 is 1.88 bits per heavy atom. The molecular formula is C18H18FNO5. The van der Waals surface area contributed by atoms with Gasteiger partial charge < -0.3 is 19.5 Å². The molecule has 2 rings (SSSR count). The van der Waals surface area contributed by atoms with Gasteiger partial charge in [0.05, 0.1) is 25.5 Å². The smallest absolute Gasteiger partial charge is 0.338 e. The zero-order chi connectivity index (χ0) is 18.4. The summed E-state index contributed by atoms with van der Waals surface area (Å²) >= 11 is 0. The number of halogens is 1. The number of carbonyl (C=O) groups is 2. The summed E-state index contributed by atoms with van der Waals surface area (Å²) in [6, 6.07) is 8.81. The van der Waals surface area contributed by atoms with E-state index in [1.807, 2.05) is 0 Å². The molecule has 25 heavy (non-hydrogen) atoms. The van der Waals surface area contributed by atoms with Crippen LogP contribution in [-0.2, 0) is 16.1 Å². The maximum Gasteiger partial charge on any atom is 0.338 e. The Hall–Kier alpha value is -3.09. The van der Waals surface area contributed by atoms with E-state index in [-0.39, 0.29) is 17.9 Å². The predicted octanol–water partition coefficient (Wildman–Crippen LogP) is 3.16. The van der Waals surface area contributed by atoms with E-state index >= 15 is 0 Å².